The van der Waals surface area contributed by atoms with E-state index in [0.717, 1.165) is 67.5 Å². The molecule has 264 valence electrons. The van der Waals surface area contributed by atoms with Gasteiger partial charge in [0.1, 0.15) is 11.2 Å². The molecule has 3 nitrogen and oxygen atoms in total. The van der Waals surface area contributed by atoms with Crippen LogP contribution in [0.25, 0.3) is 66.1 Å². The van der Waals surface area contributed by atoms with Crippen LogP contribution < -0.4 is 4.90 Å². The summed E-state index contributed by atoms with van der Waals surface area (Å²) in [7, 11) is 0. The molecule has 0 N–H and O–H groups in total. The maximum atomic E-state index is 6.66. The fourth-order valence-corrected chi connectivity index (χ4v) is 9.29. The highest BCUT2D eigenvalue weighted by molar-refractivity contribution is 6.24. The Hall–Kier alpha value is -6.58. The molecule has 9 aromatic rings. The van der Waals surface area contributed by atoms with Crippen LogP contribution in [-0.2, 0) is 5.41 Å². The molecule has 0 saturated carbocycles. The number of fused-ring (bicyclic) bond motifs is 10. The second-order valence-corrected chi connectivity index (χ2v) is 15.8. The van der Waals surface area contributed by atoms with E-state index in [4.69, 9.17) is 4.42 Å². The van der Waals surface area contributed by atoms with Crippen molar-refractivity contribution in [2.24, 2.45) is 5.92 Å². The summed E-state index contributed by atoms with van der Waals surface area (Å²) in [5.74, 6) is 0.582. The van der Waals surface area contributed by atoms with Gasteiger partial charge in [-0.1, -0.05) is 118 Å². The summed E-state index contributed by atoms with van der Waals surface area (Å²) < 4.78 is 9.06. The van der Waals surface area contributed by atoms with Gasteiger partial charge in [-0.15, -0.1) is 0 Å². The van der Waals surface area contributed by atoms with Gasteiger partial charge >= 0.3 is 0 Å². The molecule has 55 heavy (non-hydrogen) atoms. The molecule has 0 spiro atoms. The van der Waals surface area contributed by atoms with E-state index in [1.807, 2.05) is 6.07 Å². The van der Waals surface area contributed by atoms with Gasteiger partial charge in [0.15, 0.2) is 0 Å². The minimum absolute atomic E-state index is 0.115. The summed E-state index contributed by atoms with van der Waals surface area (Å²) in [6.45, 7) is 6.99. The lowest BCUT2D eigenvalue weighted by atomic mass is 9.82. The lowest BCUT2D eigenvalue weighted by molar-refractivity contribution is 0.660. The van der Waals surface area contributed by atoms with Crippen molar-refractivity contribution in [3.8, 4) is 16.8 Å². The van der Waals surface area contributed by atoms with E-state index in [0.29, 0.717) is 5.92 Å². The number of anilines is 3. The molecular weight excluding hydrogens is 669 g/mol. The van der Waals surface area contributed by atoms with Crippen LogP contribution in [0.1, 0.15) is 43.9 Å². The molecule has 7 aromatic carbocycles. The number of para-hydroxylation sites is 2. The Balaban J connectivity index is 1.15. The summed E-state index contributed by atoms with van der Waals surface area (Å²) >= 11 is 0. The van der Waals surface area contributed by atoms with Crippen molar-refractivity contribution in [2.75, 3.05) is 4.90 Å². The maximum absolute atomic E-state index is 6.66. The van der Waals surface area contributed by atoms with Crippen molar-refractivity contribution in [3.05, 3.63) is 187 Å². The van der Waals surface area contributed by atoms with Crippen molar-refractivity contribution in [2.45, 2.75) is 32.6 Å². The molecule has 0 fully saturated rings. The van der Waals surface area contributed by atoms with Gasteiger partial charge in [0.2, 0.25) is 0 Å². The highest BCUT2D eigenvalue weighted by Gasteiger charge is 2.36. The topological polar surface area (TPSA) is 21.3 Å². The summed E-state index contributed by atoms with van der Waals surface area (Å²) in [5.41, 5.74) is 16.4. The Morgan fingerprint density at radius 2 is 1.33 bits per heavy atom. The standard InChI is InChI=1S/C52H40N2O/c1-33-17-19-34(20-18-33)35-21-23-37(24-22-35)53(38-25-27-41-40-13-7-9-15-45(40)52(2,3)46(41)31-38)39-26-28-44-48(32-39)54(36-11-5-4-6-12-36)47-30-29-43-42-14-8-10-16-49(42)55-51(43)50(44)47/h4-17,19-33H,18H2,1-3H3. The molecular formula is C52H40N2O. The zero-order valence-corrected chi connectivity index (χ0v) is 31.3. The predicted octanol–water partition coefficient (Wildman–Crippen LogP) is 14.4. The largest absolute Gasteiger partial charge is 0.455 e. The van der Waals surface area contributed by atoms with Crippen LogP contribution in [0.5, 0.6) is 0 Å². The van der Waals surface area contributed by atoms with Crippen LogP contribution in [0.3, 0.4) is 0 Å². The zero-order valence-electron chi connectivity index (χ0n) is 31.3. The van der Waals surface area contributed by atoms with E-state index < -0.39 is 0 Å². The lowest BCUT2D eigenvalue weighted by Gasteiger charge is -2.28. The average Bonchev–Trinajstić information content (AvgIpc) is 3.84. The Kier molecular flexibility index (Phi) is 6.94. The third-order valence-electron chi connectivity index (χ3n) is 12.1. The van der Waals surface area contributed by atoms with Gasteiger partial charge in [-0.2, -0.15) is 0 Å². The van der Waals surface area contributed by atoms with Gasteiger partial charge in [0, 0.05) is 44.3 Å². The average molecular weight is 709 g/mol. The van der Waals surface area contributed by atoms with Crippen molar-refractivity contribution in [3.63, 3.8) is 0 Å². The summed E-state index contributed by atoms with van der Waals surface area (Å²) in [6, 6.07) is 55.5. The summed E-state index contributed by atoms with van der Waals surface area (Å²) in [6.07, 6.45) is 8.03. The molecule has 2 heterocycles. The number of furan rings is 1. The van der Waals surface area contributed by atoms with E-state index in [1.54, 1.807) is 0 Å². The first kappa shape index (κ1) is 31.9. The smallest absolute Gasteiger partial charge is 0.145 e. The molecule has 3 heteroatoms. The fourth-order valence-electron chi connectivity index (χ4n) is 9.29. The molecule has 1 atom stereocenters. The second kappa shape index (κ2) is 12.0. The number of hydrogen-bond donors (Lipinski definition) is 0. The summed E-state index contributed by atoms with van der Waals surface area (Å²) in [5, 5.41) is 4.58. The molecule has 0 saturated heterocycles. The van der Waals surface area contributed by atoms with Crippen molar-refractivity contribution >= 4 is 66.4 Å². The Bertz CT molecular complexity index is 3050. The molecule has 0 bridgehead atoms. The molecule has 2 aliphatic carbocycles. The van der Waals surface area contributed by atoms with Gasteiger partial charge in [0.25, 0.3) is 0 Å². The maximum Gasteiger partial charge on any atom is 0.145 e. The Labute approximate surface area is 321 Å². The molecule has 2 aromatic heterocycles. The van der Waals surface area contributed by atoms with Crippen LogP contribution >= 0.6 is 0 Å². The monoisotopic (exact) mass is 708 g/mol. The second-order valence-electron chi connectivity index (χ2n) is 15.8. The molecule has 1 unspecified atom stereocenters. The van der Waals surface area contributed by atoms with Crippen molar-refractivity contribution < 1.29 is 4.42 Å². The third-order valence-corrected chi connectivity index (χ3v) is 12.1. The van der Waals surface area contributed by atoms with E-state index in [1.165, 1.54) is 38.8 Å². The summed E-state index contributed by atoms with van der Waals surface area (Å²) in [4.78, 5) is 2.43. The Morgan fingerprint density at radius 3 is 2.16 bits per heavy atom. The number of nitrogens with zero attached hydrogens (tertiary/aromatic N) is 2. The first-order valence-electron chi connectivity index (χ1n) is 19.4. The predicted molar refractivity (Wildman–Crippen MR) is 231 cm³/mol. The Morgan fingerprint density at radius 1 is 0.618 bits per heavy atom. The number of allylic oxidation sites excluding steroid dienone is 4. The lowest BCUT2D eigenvalue weighted by Crippen LogP contribution is -2.16. The first-order valence-corrected chi connectivity index (χ1v) is 19.4. The number of hydrogen-bond acceptors (Lipinski definition) is 2. The van der Waals surface area contributed by atoms with E-state index in [9.17, 15) is 0 Å². The molecule has 0 aliphatic heterocycles. The molecule has 11 rings (SSSR count). The minimum Gasteiger partial charge on any atom is -0.455 e. The van der Waals surface area contributed by atoms with Gasteiger partial charge in [-0.25, -0.2) is 0 Å². The number of aromatic nitrogens is 1. The van der Waals surface area contributed by atoms with Crippen LogP contribution in [0.4, 0.5) is 17.1 Å². The van der Waals surface area contributed by atoms with E-state index >= 15 is 0 Å². The van der Waals surface area contributed by atoms with Crippen molar-refractivity contribution in [1.82, 2.24) is 4.57 Å². The van der Waals surface area contributed by atoms with Crippen LogP contribution in [0, 0.1) is 5.92 Å². The highest BCUT2D eigenvalue weighted by atomic mass is 16.3. The van der Waals surface area contributed by atoms with Gasteiger partial charge in [0.05, 0.1) is 16.4 Å². The highest BCUT2D eigenvalue weighted by Crippen LogP contribution is 2.51. The van der Waals surface area contributed by atoms with Crippen LogP contribution in [0.2, 0.25) is 0 Å². The number of rotatable bonds is 5. The molecule has 0 radical (unpaired) electrons. The van der Waals surface area contributed by atoms with Gasteiger partial charge in [-0.3, -0.25) is 0 Å². The van der Waals surface area contributed by atoms with Crippen LogP contribution in [0.15, 0.2) is 174 Å². The fraction of sp³-hybridized carbons (Fsp3) is 0.115. The first-order chi connectivity index (χ1) is 26.9. The van der Waals surface area contributed by atoms with Crippen LogP contribution in [-0.4, -0.2) is 4.57 Å². The zero-order chi connectivity index (χ0) is 36.8. The van der Waals surface area contributed by atoms with Crippen molar-refractivity contribution in [1.29, 1.82) is 0 Å². The van der Waals surface area contributed by atoms with E-state index in [-0.39, 0.29) is 5.41 Å². The SMILES string of the molecule is CC1C=CC(c2ccc(N(c3ccc4c(c3)C(C)(C)c3ccccc3-4)c3ccc4c5c6oc7ccccc7c6ccc5n(-c5ccccc5)c4c3)cc2)=CC1. The quantitative estimate of drug-likeness (QED) is 0.177. The van der Waals surface area contributed by atoms with Gasteiger partial charge in [-0.05, 0) is 119 Å². The molecule has 2 aliphatic rings. The minimum atomic E-state index is -0.115. The number of benzene rings is 7. The van der Waals surface area contributed by atoms with Gasteiger partial charge < -0.3 is 13.9 Å². The molecule has 0 amide bonds. The third kappa shape index (κ3) is 4.82. The normalized spacial score (nSPS) is 15.8. The van der Waals surface area contributed by atoms with E-state index in [2.05, 4.69) is 194 Å².